The number of halogens is 1. The van der Waals surface area contributed by atoms with Crippen molar-refractivity contribution in [3.8, 4) is 6.07 Å². The van der Waals surface area contributed by atoms with Gasteiger partial charge in [0.05, 0.1) is 17.6 Å². The summed E-state index contributed by atoms with van der Waals surface area (Å²) in [6.07, 6.45) is 1.37. The maximum Gasteiger partial charge on any atom is 0.149 e. The van der Waals surface area contributed by atoms with Gasteiger partial charge in [0.25, 0.3) is 0 Å². The fourth-order valence-electron chi connectivity index (χ4n) is 2.21. The summed E-state index contributed by atoms with van der Waals surface area (Å²) in [5, 5.41) is 9.85. The van der Waals surface area contributed by atoms with Crippen LogP contribution in [0.2, 0.25) is 0 Å². The van der Waals surface area contributed by atoms with E-state index in [4.69, 9.17) is 10.5 Å². The Balaban J connectivity index is 1.90. The molecule has 7 heteroatoms. The third kappa shape index (κ3) is 2.54. The van der Waals surface area contributed by atoms with E-state index in [1.165, 1.54) is 6.33 Å². The van der Waals surface area contributed by atoms with Crippen molar-refractivity contribution in [3.63, 3.8) is 0 Å². The highest BCUT2D eigenvalue weighted by Crippen LogP contribution is 2.31. The second kappa shape index (κ2) is 6.13. The standard InChI is InChI=1S/C15H12BrN5O/c16-13-11(6-17)12-14(18)19-8-20-15(12)21(13)9-22-7-10-4-2-1-3-5-10/h1-5,8H,7,9H2,(H2,18,19,20). The van der Waals surface area contributed by atoms with Gasteiger partial charge in [0, 0.05) is 0 Å². The lowest BCUT2D eigenvalue weighted by molar-refractivity contribution is 0.0652. The van der Waals surface area contributed by atoms with Crippen molar-refractivity contribution in [1.82, 2.24) is 14.5 Å². The molecule has 0 atom stereocenters. The molecule has 0 amide bonds. The minimum absolute atomic E-state index is 0.254. The summed E-state index contributed by atoms with van der Waals surface area (Å²) >= 11 is 3.41. The van der Waals surface area contributed by atoms with Crippen LogP contribution in [0.1, 0.15) is 11.1 Å². The smallest absolute Gasteiger partial charge is 0.149 e. The Morgan fingerprint density at radius 2 is 2.05 bits per heavy atom. The van der Waals surface area contributed by atoms with E-state index in [1.54, 1.807) is 4.57 Å². The average Bonchev–Trinajstić information content (AvgIpc) is 2.82. The number of hydrogen-bond acceptors (Lipinski definition) is 5. The first-order valence-electron chi connectivity index (χ1n) is 6.52. The maximum atomic E-state index is 9.31. The lowest BCUT2D eigenvalue weighted by Gasteiger charge is -2.08. The molecular weight excluding hydrogens is 346 g/mol. The van der Waals surface area contributed by atoms with Crippen LogP contribution in [0.25, 0.3) is 11.0 Å². The Hall–Kier alpha value is -2.43. The van der Waals surface area contributed by atoms with Crippen molar-refractivity contribution in [3.05, 3.63) is 52.4 Å². The predicted molar refractivity (Wildman–Crippen MR) is 85.6 cm³/mol. The molecule has 3 rings (SSSR count). The first kappa shape index (κ1) is 14.5. The largest absolute Gasteiger partial charge is 0.383 e. The summed E-state index contributed by atoms with van der Waals surface area (Å²) in [5.74, 6) is 0.282. The van der Waals surface area contributed by atoms with Gasteiger partial charge in [-0.25, -0.2) is 9.97 Å². The molecule has 2 N–H and O–H groups in total. The Morgan fingerprint density at radius 3 is 2.77 bits per heavy atom. The van der Waals surface area contributed by atoms with E-state index in [0.29, 0.717) is 27.8 Å². The number of nitrogens with zero attached hydrogens (tertiary/aromatic N) is 4. The third-order valence-electron chi connectivity index (χ3n) is 3.25. The first-order chi connectivity index (χ1) is 10.7. The van der Waals surface area contributed by atoms with Crippen LogP contribution >= 0.6 is 15.9 Å². The summed E-state index contributed by atoms with van der Waals surface area (Å²) in [6, 6.07) is 12.0. The number of nitrogens with two attached hydrogens (primary N) is 1. The molecule has 2 aromatic heterocycles. The van der Waals surface area contributed by atoms with Crippen LogP contribution < -0.4 is 5.73 Å². The van der Waals surface area contributed by atoms with Crippen molar-refractivity contribution >= 4 is 32.8 Å². The summed E-state index contributed by atoms with van der Waals surface area (Å²) in [4.78, 5) is 8.15. The van der Waals surface area contributed by atoms with Gasteiger partial charge in [-0.3, -0.25) is 4.57 Å². The van der Waals surface area contributed by atoms with Crippen LogP contribution in [0, 0.1) is 11.3 Å². The number of nitrogen functional groups attached to an aromatic ring is 1. The van der Waals surface area contributed by atoms with Crippen LogP contribution in [-0.4, -0.2) is 14.5 Å². The highest BCUT2D eigenvalue weighted by Gasteiger charge is 2.19. The summed E-state index contributed by atoms with van der Waals surface area (Å²) in [6.45, 7) is 0.722. The molecule has 0 spiro atoms. The molecule has 0 saturated heterocycles. The molecule has 1 aromatic carbocycles. The van der Waals surface area contributed by atoms with Crippen molar-refractivity contribution in [1.29, 1.82) is 5.26 Å². The molecule has 0 aliphatic rings. The lowest BCUT2D eigenvalue weighted by Crippen LogP contribution is -2.04. The molecule has 0 unspecified atom stereocenters. The number of nitriles is 1. The molecule has 6 nitrogen and oxygen atoms in total. The molecule has 110 valence electrons. The fourth-order valence-corrected chi connectivity index (χ4v) is 2.77. The third-order valence-corrected chi connectivity index (χ3v) is 4.07. The Morgan fingerprint density at radius 1 is 1.27 bits per heavy atom. The van der Waals surface area contributed by atoms with Crippen LogP contribution in [-0.2, 0) is 18.1 Å². The normalized spacial score (nSPS) is 10.7. The molecular formula is C15H12BrN5O. The highest BCUT2D eigenvalue weighted by molar-refractivity contribution is 9.10. The van der Waals surface area contributed by atoms with Crippen LogP contribution in [0.4, 0.5) is 5.82 Å². The SMILES string of the molecule is N#Cc1c(Br)n(COCc2ccccc2)c2ncnc(N)c12. The molecule has 22 heavy (non-hydrogen) atoms. The number of hydrogen-bond donors (Lipinski definition) is 1. The van der Waals surface area contributed by atoms with Crippen LogP contribution in [0.15, 0.2) is 41.3 Å². The van der Waals surface area contributed by atoms with E-state index in [9.17, 15) is 5.26 Å². The number of aromatic nitrogens is 3. The van der Waals surface area contributed by atoms with Gasteiger partial charge in [-0.15, -0.1) is 0 Å². The first-order valence-corrected chi connectivity index (χ1v) is 7.31. The molecule has 0 aliphatic carbocycles. The van der Waals surface area contributed by atoms with Crippen LogP contribution in [0.5, 0.6) is 0 Å². The van der Waals surface area contributed by atoms with Gasteiger partial charge < -0.3 is 10.5 Å². The van der Waals surface area contributed by atoms with E-state index in [0.717, 1.165) is 5.56 Å². The zero-order valence-corrected chi connectivity index (χ0v) is 13.1. The second-order valence-electron chi connectivity index (χ2n) is 4.63. The fraction of sp³-hybridized carbons (Fsp3) is 0.133. The topological polar surface area (TPSA) is 89.8 Å². The Bertz CT molecular complexity index is 854. The maximum absolute atomic E-state index is 9.31. The quantitative estimate of drug-likeness (QED) is 0.775. The van der Waals surface area contributed by atoms with Gasteiger partial charge >= 0.3 is 0 Å². The van der Waals surface area contributed by atoms with E-state index < -0.39 is 0 Å². The van der Waals surface area contributed by atoms with E-state index in [-0.39, 0.29) is 12.5 Å². The summed E-state index contributed by atoms with van der Waals surface area (Å²) in [7, 11) is 0. The zero-order chi connectivity index (χ0) is 15.5. The minimum Gasteiger partial charge on any atom is -0.383 e. The number of benzene rings is 1. The van der Waals surface area contributed by atoms with Crippen molar-refractivity contribution in [2.24, 2.45) is 0 Å². The zero-order valence-electron chi connectivity index (χ0n) is 11.5. The molecule has 3 aromatic rings. The molecule has 0 aliphatic heterocycles. The van der Waals surface area contributed by atoms with Gasteiger partial charge in [-0.05, 0) is 21.5 Å². The number of rotatable bonds is 4. The lowest BCUT2D eigenvalue weighted by atomic mass is 10.2. The van der Waals surface area contributed by atoms with Crippen molar-refractivity contribution in [2.75, 3.05) is 5.73 Å². The van der Waals surface area contributed by atoms with Gasteiger partial charge in [-0.2, -0.15) is 5.26 Å². The number of anilines is 1. The van der Waals surface area contributed by atoms with Gasteiger partial charge in [0.15, 0.2) is 0 Å². The predicted octanol–water partition coefficient (Wildman–Crippen LogP) is 2.82. The highest BCUT2D eigenvalue weighted by atomic mass is 79.9. The van der Waals surface area contributed by atoms with Gasteiger partial charge in [0.1, 0.15) is 35.2 Å². The molecule has 0 saturated carbocycles. The minimum atomic E-state index is 0.254. The van der Waals surface area contributed by atoms with Gasteiger partial charge in [-0.1, -0.05) is 30.3 Å². The number of ether oxygens (including phenoxy) is 1. The van der Waals surface area contributed by atoms with E-state index in [1.807, 2.05) is 30.3 Å². The monoisotopic (exact) mass is 357 g/mol. The van der Waals surface area contributed by atoms with Crippen LogP contribution in [0.3, 0.4) is 0 Å². The number of fused-ring (bicyclic) bond motifs is 1. The Kier molecular flexibility index (Phi) is 4.04. The molecule has 2 heterocycles. The summed E-state index contributed by atoms with van der Waals surface area (Å²) < 4.78 is 8.06. The molecule has 0 radical (unpaired) electrons. The average molecular weight is 358 g/mol. The van der Waals surface area contributed by atoms with Crippen molar-refractivity contribution in [2.45, 2.75) is 13.3 Å². The molecule has 0 fully saturated rings. The van der Waals surface area contributed by atoms with Gasteiger partial charge in [0.2, 0.25) is 0 Å². The van der Waals surface area contributed by atoms with E-state index >= 15 is 0 Å². The molecule has 0 bridgehead atoms. The summed E-state index contributed by atoms with van der Waals surface area (Å²) in [5.41, 5.74) is 7.92. The Labute approximate surface area is 135 Å². The van der Waals surface area contributed by atoms with Crippen molar-refractivity contribution < 1.29 is 4.74 Å². The second-order valence-corrected chi connectivity index (χ2v) is 5.38. The van der Waals surface area contributed by atoms with E-state index in [2.05, 4.69) is 32.0 Å².